The second kappa shape index (κ2) is 11.1. The van der Waals surface area contributed by atoms with Gasteiger partial charge in [-0.2, -0.15) is 0 Å². The number of rotatable bonds is 8. The van der Waals surface area contributed by atoms with Gasteiger partial charge in [-0.05, 0) is 36.8 Å². The number of anilines is 1. The molecule has 1 heterocycles. The van der Waals surface area contributed by atoms with Crippen LogP contribution < -0.4 is 10.9 Å². The van der Waals surface area contributed by atoms with Crippen molar-refractivity contribution in [2.75, 3.05) is 19.0 Å². The molecule has 2 amide bonds. The number of fused-ring (bicyclic) bond motifs is 1. The van der Waals surface area contributed by atoms with E-state index in [0.29, 0.717) is 22.8 Å². The number of nitrogens with zero attached hydrogens (tertiary/aromatic N) is 3. The van der Waals surface area contributed by atoms with E-state index in [1.54, 1.807) is 31.2 Å². The summed E-state index contributed by atoms with van der Waals surface area (Å²) in [6.45, 7) is 2.42. The Morgan fingerprint density at radius 1 is 1.08 bits per heavy atom. The maximum atomic E-state index is 14.3. The minimum Gasteiger partial charge on any atom is -0.383 e. The number of halogens is 2. The minimum atomic E-state index is -0.892. The summed E-state index contributed by atoms with van der Waals surface area (Å²) in [5.74, 6) is -1.28. The van der Waals surface area contributed by atoms with Crippen molar-refractivity contribution in [3.63, 3.8) is 0 Å². The van der Waals surface area contributed by atoms with E-state index in [1.807, 2.05) is 30.3 Å². The third-order valence-corrected chi connectivity index (χ3v) is 5.88. The summed E-state index contributed by atoms with van der Waals surface area (Å²) in [5, 5.41) is 2.98. The van der Waals surface area contributed by atoms with Crippen LogP contribution in [-0.4, -0.2) is 34.2 Å². The number of para-hydroxylation sites is 1. The van der Waals surface area contributed by atoms with Gasteiger partial charge >= 0.3 is 6.03 Å². The first-order valence-electron chi connectivity index (χ1n) is 11.4. The number of urea groups is 1. The molecule has 0 aliphatic heterocycles. The molecular weight excluding hydrogens is 466 g/mol. The molecule has 4 rings (SSSR count). The number of hydrogen-bond donors (Lipinski definition) is 1. The largest absolute Gasteiger partial charge is 0.383 e. The molecule has 1 atom stereocenters. The molecule has 1 N–H and O–H groups in total. The first-order chi connectivity index (χ1) is 17.4. The molecule has 0 fully saturated rings. The number of carbonyl (C=O) groups excluding carboxylic acids is 1. The van der Waals surface area contributed by atoms with E-state index in [-0.39, 0.29) is 30.9 Å². The minimum absolute atomic E-state index is 0.156. The number of nitrogens with one attached hydrogen (secondary N) is 1. The first-order valence-corrected chi connectivity index (χ1v) is 11.4. The second-order valence-electron chi connectivity index (χ2n) is 8.28. The Balaban J connectivity index is 1.78. The molecule has 0 radical (unpaired) electrons. The van der Waals surface area contributed by atoms with E-state index in [2.05, 4.69) is 5.32 Å². The lowest BCUT2D eigenvalue weighted by molar-refractivity contribution is 0.172. The number of amides is 2. The Bertz CT molecular complexity index is 1430. The molecule has 1 unspecified atom stereocenters. The summed E-state index contributed by atoms with van der Waals surface area (Å²) in [5.41, 5.74) is 0.923. The van der Waals surface area contributed by atoms with Crippen LogP contribution in [0.1, 0.15) is 24.4 Å². The smallest absolute Gasteiger partial charge is 0.322 e. The van der Waals surface area contributed by atoms with Crippen molar-refractivity contribution in [1.29, 1.82) is 0 Å². The van der Waals surface area contributed by atoms with Gasteiger partial charge in [-0.15, -0.1) is 0 Å². The zero-order chi connectivity index (χ0) is 25.7. The lowest BCUT2D eigenvalue weighted by atomic mass is 10.1. The Morgan fingerprint density at radius 2 is 1.81 bits per heavy atom. The lowest BCUT2D eigenvalue weighted by Crippen LogP contribution is -2.40. The summed E-state index contributed by atoms with van der Waals surface area (Å²) in [7, 11) is 1.54. The third-order valence-electron chi connectivity index (χ3n) is 5.88. The van der Waals surface area contributed by atoms with E-state index < -0.39 is 23.7 Å². The van der Waals surface area contributed by atoms with E-state index in [1.165, 1.54) is 16.6 Å². The fraction of sp³-hybridized carbons (Fsp3) is 0.222. The topological polar surface area (TPSA) is 76.5 Å². The van der Waals surface area contributed by atoms with Gasteiger partial charge in [0.1, 0.15) is 17.5 Å². The Hall–Kier alpha value is -4.11. The summed E-state index contributed by atoms with van der Waals surface area (Å²) < 4.78 is 34.4. The fourth-order valence-corrected chi connectivity index (χ4v) is 3.98. The van der Waals surface area contributed by atoms with Crippen LogP contribution in [0.5, 0.6) is 0 Å². The van der Waals surface area contributed by atoms with E-state index in [9.17, 15) is 18.4 Å². The van der Waals surface area contributed by atoms with Gasteiger partial charge in [-0.25, -0.2) is 18.6 Å². The van der Waals surface area contributed by atoms with Gasteiger partial charge in [0.05, 0.1) is 35.8 Å². The molecule has 9 heteroatoms. The van der Waals surface area contributed by atoms with Gasteiger partial charge in [-0.3, -0.25) is 9.36 Å². The molecule has 36 heavy (non-hydrogen) atoms. The van der Waals surface area contributed by atoms with E-state index in [4.69, 9.17) is 9.72 Å². The molecule has 0 saturated heterocycles. The predicted molar refractivity (Wildman–Crippen MR) is 134 cm³/mol. The molecular formula is C27H26F2N4O3. The molecule has 4 aromatic rings. The van der Waals surface area contributed by atoms with Crippen LogP contribution in [0.4, 0.5) is 19.3 Å². The molecule has 3 aromatic carbocycles. The highest BCUT2D eigenvalue weighted by Gasteiger charge is 2.27. The standard InChI is InChI=1S/C27H26F2N4O3/c1-18(25-30-23-11-7-6-10-21(23)26(34)32(25)14-15-36-2)33(17-19-8-4-3-5-9-19)27(35)31-24-13-12-20(28)16-22(24)29/h3-13,16,18H,14-15,17H2,1-2H3,(H,31,35). The number of ether oxygens (including phenoxy) is 1. The van der Waals surface area contributed by atoms with Crippen molar-refractivity contribution >= 4 is 22.6 Å². The van der Waals surface area contributed by atoms with Gasteiger partial charge in [-0.1, -0.05) is 42.5 Å². The lowest BCUT2D eigenvalue weighted by Gasteiger charge is -2.31. The van der Waals surface area contributed by atoms with Crippen LogP contribution in [0.2, 0.25) is 0 Å². The summed E-state index contributed by atoms with van der Waals surface area (Å²) in [6.07, 6.45) is 0. The Labute approximate surface area is 207 Å². The Morgan fingerprint density at radius 3 is 2.53 bits per heavy atom. The van der Waals surface area contributed by atoms with Gasteiger partial charge in [0, 0.05) is 19.7 Å². The van der Waals surface area contributed by atoms with Crippen molar-refractivity contribution < 1.29 is 18.3 Å². The Kier molecular flexibility index (Phi) is 7.70. The zero-order valence-corrected chi connectivity index (χ0v) is 19.9. The highest BCUT2D eigenvalue weighted by Crippen LogP contribution is 2.24. The van der Waals surface area contributed by atoms with Crippen LogP contribution in [0.15, 0.2) is 77.6 Å². The zero-order valence-electron chi connectivity index (χ0n) is 19.9. The number of methoxy groups -OCH3 is 1. The number of aromatic nitrogens is 2. The number of benzene rings is 3. The summed E-state index contributed by atoms with van der Waals surface area (Å²) >= 11 is 0. The van der Waals surface area contributed by atoms with Crippen LogP contribution in [-0.2, 0) is 17.8 Å². The fourth-order valence-electron chi connectivity index (χ4n) is 3.98. The summed E-state index contributed by atoms with van der Waals surface area (Å²) in [6, 6.07) is 17.9. The molecule has 0 bridgehead atoms. The van der Waals surface area contributed by atoms with E-state index in [0.717, 1.165) is 17.7 Å². The number of hydrogen-bond acceptors (Lipinski definition) is 4. The molecule has 186 valence electrons. The molecule has 1 aromatic heterocycles. The second-order valence-corrected chi connectivity index (χ2v) is 8.28. The SMILES string of the molecule is COCCn1c(C(C)N(Cc2ccccc2)C(=O)Nc2ccc(F)cc2F)nc2ccccc2c1=O. The predicted octanol–water partition coefficient (Wildman–Crippen LogP) is 5.12. The van der Waals surface area contributed by atoms with Crippen LogP contribution >= 0.6 is 0 Å². The van der Waals surface area contributed by atoms with Gasteiger partial charge in [0.2, 0.25) is 0 Å². The normalized spacial score (nSPS) is 11.9. The van der Waals surface area contributed by atoms with Crippen molar-refractivity contribution in [3.05, 3.63) is 106 Å². The van der Waals surface area contributed by atoms with Crippen LogP contribution in [0.25, 0.3) is 10.9 Å². The molecule has 0 aliphatic carbocycles. The van der Waals surface area contributed by atoms with Crippen molar-refractivity contribution in [1.82, 2.24) is 14.5 Å². The molecule has 0 spiro atoms. The third kappa shape index (κ3) is 5.41. The maximum Gasteiger partial charge on any atom is 0.322 e. The summed E-state index contributed by atoms with van der Waals surface area (Å²) in [4.78, 5) is 33.0. The van der Waals surface area contributed by atoms with E-state index >= 15 is 0 Å². The van der Waals surface area contributed by atoms with Crippen molar-refractivity contribution in [2.45, 2.75) is 26.1 Å². The molecule has 0 saturated carbocycles. The average molecular weight is 493 g/mol. The highest BCUT2D eigenvalue weighted by molar-refractivity contribution is 5.89. The van der Waals surface area contributed by atoms with Crippen LogP contribution in [0.3, 0.4) is 0 Å². The monoisotopic (exact) mass is 492 g/mol. The number of carbonyl (C=O) groups is 1. The van der Waals surface area contributed by atoms with Crippen molar-refractivity contribution in [3.8, 4) is 0 Å². The highest BCUT2D eigenvalue weighted by atomic mass is 19.1. The van der Waals surface area contributed by atoms with Gasteiger partial charge in [0.25, 0.3) is 5.56 Å². The van der Waals surface area contributed by atoms with Gasteiger partial charge in [0.15, 0.2) is 0 Å². The quantitative estimate of drug-likeness (QED) is 0.371. The first kappa shape index (κ1) is 25.0. The van der Waals surface area contributed by atoms with Gasteiger partial charge < -0.3 is 15.0 Å². The average Bonchev–Trinajstić information content (AvgIpc) is 2.88. The molecule has 0 aliphatic rings. The molecule has 7 nitrogen and oxygen atoms in total. The maximum absolute atomic E-state index is 14.3. The van der Waals surface area contributed by atoms with Crippen molar-refractivity contribution in [2.24, 2.45) is 0 Å². The van der Waals surface area contributed by atoms with Crippen LogP contribution in [0, 0.1) is 11.6 Å².